The standard InChI is InChI=1S/C30H24Cl2F6N2O2/c31-26-11-9-22(15-24(26)29(33,34)35)41-20-5-1-18(2-6-20)13-14-40-28(17-39)19-3-7-21(8-4-19)42-23-10-12-27(32)25(16-23)30(36,37)38/h1-12,15-16,28,40H,13-14,17,39H2. The third kappa shape index (κ3) is 8.32. The van der Waals surface area contributed by atoms with E-state index in [0.717, 1.165) is 35.4 Å². The van der Waals surface area contributed by atoms with Crippen LogP contribution in [0.2, 0.25) is 10.0 Å². The molecule has 0 saturated carbocycles. The Hall–Kier alpha value is -3.44. The van der Waals surface area contributed by atoms with Crippen LogP contribution in [0.15, 0.2) is 84.9 Å². The van der Waals surface area contributed by atoms with Gasteiger partial charge in [-0.3, -0.25) is 0 Å². The van der Waals surface area contributed by atoms with Gasteiger partial charge in [0, 0.05) is 12.6 Å². The van der Waals surface area contributed by atoms with Crippen LogP contribution < -0.4 is 20.5 Å². The molecule has 1 atom stereocenters. The first kappa shape index (κ1) is 31.5. The summed E-state index contributed by atoms with van der Waals surface area (Å²) in [7, 11) is 0. The summed E-state index contributed by atoms with van der Waals surface area (Å²) in [6, 6.07) is 20.3. The number of ether oxygens (including phenoxy) is 2. The molecule has 0 saturated heterocycles. The Bertz CT molecular complexity index is 1490. The topological polar surface area (TPSA) is 56.5 Å². The number of rotatable bonds is 10. The van der Waals surface area contributed by atoms with Crippen LogP contribution in [-0.4, -0.2) is 13.1 Å². The van der Waals surface area contributed by atoms with Gasteiger partial charge in [-0.05, 0) is 84.8 Å². The van der Waals surface area contributed by atoms with Gasteiger partial charge in [0.15, 0.2) is 0 Å². The highest BCUT2D eigenvalue weighted by Gasteiger charge is 2.34. The molecule has 12 heteroatoms. The van der Waals surface area contributed by atoms with E-state index in [-0.39, 0.29) is 17.5 Å². The Morgan fingerprint density at radius 1 is 0.643 bits per heavy atom. The van der Waals surface area contributed by atoms with Gasteiger partial charge in [-0.1, -0.05) is 47.5 Å². The molecular formula is C30H24Cl2F6N2O2. The van der Waals surface area contributed by atoms with Crippen molar-refractivity contribution >= 4 is 23.2 Å². The van der Waals surface area contributed by atoms with Gasteiger partial charge in [0.25, 0.3) is 0 Å². The van der Waals surface area contributed by atoms with E-state index in [2.05, 4.69) is 5.32 Å². The molecule has 0 bridgehead atoms. The maximum Gasteiger partial charge on any atom is 0.417 e. The van der Waals surface area contributed by atoms with E-state index in [1.807, 2.05) is 12.1 Å². The number of hydrogen-bond donors (Lipinski definition) is 2. The van der Waals surface area contributed by atoms with Crippen LogP contribution in [0.25, 0.3) is 0 Å². The third-order valence-corrected chi connectivity index (χ3v) is 6.86. The van der Waals surface area contributed by atoms with Gasteiger partial charge in [0.2, 0.25) is 0 Å². The summed E-state index contributed by atoms with van der Waals surface area (Å²) < 4.78 is 89.7. The van der Waals surface area contributed by atoms with Crippen molar-refractivity contribution in [1.29, 1.82) is 0 Å². The van der Waals surface area contributed by atoms with E-state index in [4.69, 9.17) is 38.4 Å². The summed E-state index contributed by atoms with van der Waals surface area (Å²) in [5, 5.41) is 2.54. The normalized spacial score (nSPS) is 12.7. The second-order valence-corrected chi connectivity index (χ2v) is 10.0. The highest BCUT2D eigenvalue weighted by Crippen LogP contribution is 2.39. The maximum absolute atomic E-state index is 13.1. The Labute approximate surface area is 248 Å². The molecule has 0 aliphatic rings. The molecule has 0 fully saturated rings. The number of halogens is 8. The molecule has 42 heavy (non-hydrogen) atoms. The van der Waals surface area contributed by atoms with E-state index in [9.17, 15) is 26.3 Å². The van der Waals surface area contributed by atoms with Crippen molar-refractivity contribution < 1.29 is 35.8 Å². The molecule has 0 aliphatic carbocycles. The zero-order chi connectivity index (χ0) is 30.5. The molecule has 0 spiro atoms. The first-order chi connectivity index (χ1) is 19.8. The minimum Gasteiger partial charge on any atom is -0.457 e. The van der Waals surface area contributed by atoms with Crippen LogP contribution in [0.1, 0.15) is 28.3 Å². The van der Waals surface area contributed by atoms with Gasteiger partial charge >= 0.3 is 12.4 Å². The van der Waals surface area contributed by atoms with E-state index in [1.54, 1.807) is 36.4 Å². The Kier molecular flexibility index (Phi) is 9.93. The predicted molar refractivity (Wildman–Crippen MR) is 149 cm³/mol. The lowest BCUT2D eigenvalue weighted by Crippen LogP contribution is -2.29. The van der Waals surface area contributed by atoms with Crippen molar-refractivity contribution in [3.63, 3.8) is 0 Å². The molecule has 0 radical (unpaired) electrons. The molecule has 0 aliphatic heterocycles. The predicted octanol–water partition coefficient (Wildman–Crippen LogP) is 9.45. The fourth-order valence-electron chi connectivity index (χ4n) is 4.06. The monoisotopic (exact) mass is 628 g/mol. The molecule has 4 aromatic rings. The second-order valence-electron chi connectivity index (χ2n) is 9.19. The SMILES string of the molecule is NCC(NCCc1ccc(Oc2ccc(Cl)c(C(F)(F)F)c2)cc1)c1ccc(Oc2ccc(Cl)c(C(F)(F)F)c2)cc1. The average molecular weight is 629 g/mol. The smallest absolute Gasteiger partial charge is 0.417 e. The van der Waals surface area contributed by atoms with Gasteiger partial charge < -0.3 is 20.5 Å². The Morgan fingerprint density at radius 3 is 1.50 bits per heavy atom. The van der Waals surface area contributed by atoms with Crippen LogP contribution in [0.5, 0.6) is 23.0 Å². The molecular weight excluding hydrogens is 605 g/mol. The molecule has 222 valence electrons. The van der Waals surface area contributed by atoms with E-state index in [0.29, 0.717) is 31.0 Å². The molecule has 0 aromatic heterocycles. The zero-order valence-electron chi connectivity index (χ0n) is 21.7. The lowest BCUT2D eigenvalue weighted by Gasteiger charge is -2.18. The summed E-state index contributed by atoms with van der Waals surface area (Å²) in [6.07, 6.45) is -8.56. The number of nitrogens with one attached hydrogen (secondary N) is 1. The minimum absolute atomic E-state index is 0.00335. The summed E-state index contributed by atoms with van der Waals surface area (Å²) in [5.74, 6) is 0.740. The summed E-state index contributed by atoms with van der Waals surface area (Å²) in [5.41, 5.74) is 5.82. The Morgan fingerprint density at radius 2 is 1.07 bits per heavy atom. The second kappa shape index (κ2) is 13.2. The largest absolute Gasteiger partial charge is 0.457 e. The van der Waals surface area contributed by atoms with Crippen LogP contribution >= 0.6 is 23.2 Å². The van der Waals surface area contributed by atoms with Crippen molar-refractivity contribution in [2.75, 3.05) is 13.1 Å². The lowest BCUT2D eigenvalue weighted by molar-refractivity contribution is -0.138. The van der Waals surface area contributed by atoms with Crippen LogP contribution in [-0.2, 0) is 18.8 Å². The summed E-state index contributed by atoms with van der Waals surface area (Å²) in [6.45, 7) is 0.859. The lowest BCUT2D eigenvalue weighted by atomic mass is 10.1. The Balaban J connectivity index is 1.30. The number of benzene rings is 4. The summed E-state index contributed by atoms with van der Waals surface area (Å²) in [4.78, 5) is 0. The summed E-state index contributed by atoms with van der Waals surface area (Å²) >= 11 is 11.3. The van der Waals surface area contributed by atoms with Crippen molar-refractivity contribution in [3.05, 3.63) is 117 Å². The van der Waals surface area contributed by atoms with Gasteiger partial charge in [0.05, 0.1) is 21.2 Å². The van der Waals surface area contributed by atoms with Gasteiger partial charge in [-0.2, -0.15) is 26.3 Å². The fraction of sp³-hybridized carbons (Fsp3) is 0.200. The molecule has 0 heterocycles. The van der Waals surface area contributed by atoms with E-state index < -0.39 is 33.5 Å². The van der Waals surface area contributed by atoms with Crippen LogP contribution in [0, 0.1) is 0 Å². The first-order valence-electron chi connectivity index (χ1n) is 12.5. The van der Waals surface area contributed by atoms with Crippen molar-refractivity contribution in [2.45, 2.75) is 24.8 Å². The maximum atomic E-state index is 13.1. The molecule has 4 rings (SSSR count). The first-order valence-corrected chi connectivity index (χ1v) is 13.3. The van der Waals surface area contributed by atoms with Crippen molar-refractivity contribution in [2.24, 2.45) is 5.73 Å². The molecule has 4 aromatic carbocycles. The number of alkyl halides is 6. The molecule has 3 N–H and O–H groups in total. The van der Waals surface area contributed by atoms with E-state index >= 15 is 0 Å². The third-order valence-electron chi connectivity index (χ3n) is 6.20. The molecule has 1 unspecified atom stereocenters. The molecule has 0 amide bonds. The number of nitrogens with two attached hydrogens (primary N) is 1. The van der Waals surface area contributed by atoms with Crippen LogP contribution in [0.3, 0.4) is 0 Å². The van der Waals surface area contributed by atoms with Gasteiger partial charge in [0.1, 0.15) is 23.0 Å². The van der Waals surface area contributed by atoms with Gasteiger partial charge in [-0.15, -0.1) is 0 Å². The molecule has 4 nitrogen and oxygen atoms in total. The average Bonchev–Trinajstić information content (AvgIpc) is 2.93. The van der Waals surface area contributed by atoms with E-state index in [1.165, 1.54) is 12.1 Å². The zero-order valence-corrected chi connectivity index (χ0v) is 23.2. The minimum atomic E-state index is -4.60. The highest BCUT2D eigenvalue weighted by molar-refractivity contribution is 6.31. The fourth-order valence-corrected chi connectivity index (χ4v) is 4.51. The van der Waals surface area contributed by atoms with Crippen LogP contribution in [0.4, 0.5) is 26.3 Å². The highest BCUT2D eigenvalue weighted by atomic mass is 35.5. The van der Waals surface area contributed by atoms with Crippen molar-refractivity contribution in [1.82, 2.24) is 5.32 Å². The van der Waals surface area contributed by atoms with Crippen molar-refractivity contribution in [3.8, 4) is 23.0 Å². The quantitative estimate of drug-likeness (QED) is 0.172. The van der Waals surface area contributed by atoms with Gasteiger partial charge in [-0.25, -0.2) is 0 Å². The number of hydrogen-bond acceptors (Lipinski definition) is 4.